The van der Waals surface area contributed by atoms with Crippen LogP contribution < -0.4 is 0 Å². The Balaban J connectivity index is 2.08. The van der Waals surface area contributed by atoms with E-state index < -0.39 is 10.0 Å². The molecule has 5 nitrogen and oxygen atoms in total. The van der Waals surface area contributed by atoms with Crippen molar-refractivity contribution in [1.82, 2.24) is 9.21 Å². The molecule has 0 aromatic carbocycles. The molecule has 0 N–H and O–H groups in total. The van der Waals surface area contributed by atoms with Gasteiger partial charge in [0.25, 0.3) is 10.0 Å². The van der Waals surface area contributed by atoms with Gasteiger partial charge in [-0.2, -0.15) is 4.31 Å². The predicted molar refractivity (Wildman–Crippen MR) is 97.6 cm³/mol. The third-order valence-electron chi connectivity index (χ3n) is 3.92. The number of amides is 1. The van der Waals surface area contributed by atoms with Gasteiger partial charge in [0.1, 0.15) is 4.21 Å². The van der Waals surface area contributed by atoms with Crippen LogP contribution in [0.1, 0.15) is 24.1 Å². The second kappa shape index (κ2) is 8.60. The second-order valence-electron chi connectivity index (χ2n) is 5.74. The summed E-state index contributed by atoms with van der Waals surface area (Å²) in [5, 5.41) is 0. The number of hydrogen-bond acceptors (Lipinski definition) is 4. The minimum absolute atomic E-state index is 0.0569. The number of sulfonamides is 1. The van der Waals surface area contributed by atoms with Crippen molar-refractivity contribution in [2.45, 2.75) is 29.9 Å². The van der Waals surface area contributed by atoms with Crippen molar-refractivity contribution < 1.29 is 13.2 Å². The van der Waals surface area contributed by atoms with Gasteiger partial charge in [0.05, 0.1) is 6.42 Å². The Morgan fingerprint density at radius 2 is 1.79 bits per heavy atom. The number of carbonyl (C=O) groups excluding carboxylic acids is 1. The molecule has 1 fully saturated rings. The summed E-state index contributed by atoms with van der Waals surface area (Å²) in [6.07, 6.45) is 6.44. The van der Waals surface area contributed by atoms with Gasteiger partial charge in [0.2, 0.25) is 5.91 Å². The van der Waals surface area contributed by atoms with Gasteiger partial charge in [-0.15, -0.1) is 24.5 Å². The summed E-state index contributed by atoms with van der Waals surface area (Å²) in [4.78, 5) is 14.7. The molecule has 1 aliphatic rings. The van der Waals surface area contributed by atoms with E-state index in [9.17, 15) is 13.2 Å². The van der Waals surface area contributed by atoms with Crippen molar-refractivity contribution in [3.63, 3.8) is 0 Å². The van der Waals surface area contributed by atoms with Crippen LogP contribution in [0.4, 0.5) is 0 Å². The van der Waals surface area contributed by atoms with Crippen LogP contribution in [0.5, 0.6) is 0 Å². The fourth-order valence-electron chi connectivity index (χ4n) is 2.68. The van der Waals surface area contributed by atoms with E-state index in [0.29, 0.717) is 30.4 Å². The summed E-state index contributed by atoms with van der Waals surface area (Å²) in [5.41, 5.74) is 0. The number of piperidine rings is 1. The maximum absolute atomic E-state index is 12.6. The van der Waals surface area contributed by atoms with Crippen molar-refractivity contribution in [3.8, 4) is 0 Å². The predicted octanol–water partition coefficient (Wildman–Crippen LogP) is 2.67. The number of hydrogen-bond donors (Lipinski definition) is 0. The van der Waals surface area contributed by atoms with Crippen molar-refractivity contribution in [1.29, 1.82) is 0 Å². The minimum Gasteiger partial charge on any atom is -0.335 e. The summed E-state index contributed by atoms with van der Waals surface area (Å²) in [6, 6.07) is 3.35. The molecule has 1 aromatic heterocycles. The number of rotatable bonds is 8. The lowest BCUT2D eigenvalue weighted by Crippen LogP contribution is -2.35. The van der Waals surface area contributed by atoms with Gasteiger partial charge < -0.3 is 4.90 Å². The Morgan fingerprint density at radius 3 is 2.38 bits per heavy atom. The lowest BCUT2D eigenvalue weighted by molar-refractivity contribution is -0.129. The van der Waals surface area contributed by atoms with Crippen molar-refractivity contribution >= 4 is 27.3 Å². The monoisotopic (exact) mass is 368 g/mol. The Labute approximate surface area is 148 Å². The van der Waals surface area contributed by atoms with Gasteiger partial charge in [0, 0.05) is 31.1 Å². The van der Waals surface area contributed by atoms with Crippen LogP contribution in [0.2, 0.25) is 0 Å². The highest BCUT2D eigenvalue weighted by Gasteiger charge is 2.27. The fraction of sp³-hybridized carbons (Fsp3) is 0.471. The van der Waals surface area contributed by atoms with Crippen LogP contribution in [0, 0.1) is 0 Å². The smallest absolute Gasteiger partial charge is 0.252 e. The molecule has 7 heteroatoms. The van der Waals surface area contributed by atoms with Crippen molar-refractivity contribution in [3.05, 3.63) is 42.3 Å². The maximum atomic E-state index is 12.6. The molecule has 0 aliphatic carbocycles. The van der Waals surface area contributed by atoms with Crippen LogP contribution >= 0.6 is 11.3 Å². The first-order chi connectivity index (χ1) is 11.5. The lowest BCUT2D eigenvalue weighted by Gasteiger charge is -2.25. The van der Waals surface area contributed by atoms with Crippen LogP contribution in [0.15, 0.2) is 41.7 Å². The molecule has 2 rings (SSSR count). The summed E-state index contributed by atoms with van der Waals surface area (Å²) in [5.74, 6) is -0.0569. The highest BCUT2D eigenvalue weighted by Crippen LogP contribution is 2.27. The zero-order valence-electron chi connectivity index (χ0n) is 13.8. The van der Waals surface area contributed by atoms with Crippen LogP contribution in [-0.4, -0.2) is 49.7 Å². The normalized spacial score (nSPS) is 15.8. The molecular weight excluding hydrogens is 344 g/mol. The molecule has 1 aliphatic heterocycles. The lowest BCUT2D eigenvalue weighted by atomic mass is 10.2. The van der Waals surface area contributed by atoms with Crippen molar-refractivity contribution in [2.24, 2.45) is 0 Å². The first-order valence-corrected chi connectivity index (χ1v) is 10.3. The van der Waals surface area contributed by atoms with Crippen LogP contribution in [0.3, 0.4) is 0 Å². The SMILES string of the molecule is C=CCN(CC=C)C(=O)Cc1ccc(S(=O)(=O)N2CCCCC2)s1. The van der Waals surface area contributed by atoms with Crippen molar-refractivity contribution in [2.75, 3.05) is 26.2 Å². The maximum Gasteiger partial charge on any atom is 0.252 e. The highest BCUT2D eigenvalue weighted by molar-refractivity contribution is 7.91. The molecule has 1 saturated heterocycles. The van der Waals surface area contributed by atoms with Gasteiger partial charge in [-0.3, -0.25) is 4.79 Å². The van der Waals surface area contributed by atoms with E-state index in [2.05, 4.69) is 13.2 Å². The molecule has 2 heterocycles. The summed E-state index contributed by atoms with van der Waals surface area (Å²) in [7, 11) is -3.42. The van der Waals surface area contributed by atoms with E-state index in [0.717, 1.165) is 24.1 Å². The zero-order valence-corrected chi connectivity index (χ0v) is 15.4. The average molecular weight is 369 g/mol. The summed E-state index contributed by atoms with van der Waals surface area (Å²) in [6.45, 7) is 9.38. The molecule has 132 valence electrons. The Hall–Kier alpha value is -1.44. The van der Waals surface area contributed by atoms with Gasteiger partial charge in [-0.25, -0.2) is 8.42 Å². The molecule has 0 bridgehead atoms. The van der Waals surface area contributed by atoms with E-state index in [1.165, 1.54) is 11.3 Å². The first-order valence-electron chi connectivity index (χ1n) is 8.07. The van der Waals surface area contributed by atoms with E-state index in [-0.39, 0.29) is 12.3 Å². The van der Waals surface area contributed by atoms with Crippen LogP contribution in [0.25, 0.3) is 0 Å². The fourth-order valence-corrected chi connectivity index (χ4v) is 5.69. The molecule has 0 saturated carbocycles. The van der Waals surface area contributed by atoms with Crippen LogP contribution in [-0.2, 0) is 21.2 Å². The Bertz CT molecular complexity index is 678. The highest BCUT2D eigenvalue weighted by atomic mass is 32.2. The van der Waals surface area contributed by atoms with E-state index in [1.54, 1.807) is 33.5 Å². The standard InChI is InChI=1S/C17H24N2O3S2/c1-3-10-18(11-4-2)16(20)14-15-8-9-17(23-15)24(21,22)19-12-6-5-7-13-19/h3-4,8-9H,1-2,5-7,10-14H2. The summed E-state index contributed by atoms with van der Waals surface area (Å²) >= 11 is 1.19. The number of carbonyl (C=O) groups is 1. The minimum atomic E-state index is -3.42. The van der Waals surface area contributed by atoms with Gasteiger partial charge in [-0.1, -0.05) is 18.6 Å². The largest absolute Gasteiger partial charge is 0.335 e. The first kappa shape index (κ1) is 18.9. The zero-order chi connectivity index (χ0) is 17.6. The second-order valence-corrected chi connectivity index (χ2v) is 9.07. The van der Waals surface area contributed by atoms with Gasteiger partial charge >= 0.3 is 0 Å². The van der Waals surface area contributed by atoms with E-state index >= 15 is 0 Å². The molecule has 0 spiro atoms. The third-order valence-corrected chi connectivity index (χ3v) is 7.37. The number of nitrogens with zero attached hydrogens (tertiary/aromatic N) is 2. The quantitative estimate of drug-likeness (QED) is 0.663. The molecule has 24 heavy (non-hydrogen) atoms. The number of thiophene rings is 1. The Kier molecular flexibility index (Phi) is 6.77. The molecule has 0 radical (unpaired) electrons. The average Bonchev–Trinajstić information content (AvgIpc) is 3.04. The van der Waals surface area contributed by atoms with E-state index in [4.69, 9.17) is 0 Å². The molecule has 1 amide bonds. The molecular formula is C17H24N2O3S2. The van der Waals surface area contributed by atoms with Gasteiger partial charge in [-0.05, 0) is 25.0 Å². The Morgan fingerprint density at radius 1 is 1.17 bits per heavy atom. The molecule has 1 aromatic rings. The summed E-state index contributed by atoms with van der Waals surface area (Å²) < 4.78 is 27.2. The topological polar surface area (TPSA) is 57.7 Å². The molecule has 0 atom stereocenters. The molecule has 0 unspecified atom stereocenters. The van der Waals surface area contributed by atoms with E-state index in [1.807, 2.05) is 0 Å². The van der Waals surface area contributed by atoms with Gasteiger partial charge in [0.15, 0.2) is 0 Å². The third kappa shape index (κ3) is 4.55.